The Morgan fingerprint density at radius 2 is 1.79 bits per heavy atom. The summed E-state index contributed by atoms with van der Waals surface area (Å²) in [5.74, 6) is 0.976. The Morgan fingerprint density at radius 1 is 1.11 bits per heavy atom. The van der Waals surface area contributed by atoms with E-state index in [1.54, 1.807) is 0 Å². The molecule has 96 valence electrons. The van der Waals surface area contributed by atoms with Crippen molar-refractivity contribution in [3.05, 3.63) is 47.5 Å². The zero-order valence-corrected chi connectivity index (χ0v) is 10.9. The summed E-state index contributed by atoms with van der Waals surface area (Å²) < 4.78 is 0. The van der Waals surface area contributed by atoms with Crippen molar-refractivity contribution < 1.29 is 4.79 Å². The molecule has 2 N–H and O–H groups in total. The second-order valence-electron chi connectivity index (χ2n) is 4.79. The third-order valence-electron chi connectivity index (χ3n) is 3.36. The van der Waals surface area contributed by atoms with Crippen LogP contribution in [0.1, 0.15) is 24.7 Å². The van der Waals surface area contributed by atoms with Crippen molar-refractivity contribution in [1.82, 2.24) is 15.3 Å². The molecule has 0 spiro atoms. The zero-order valence-electron chi connectivity index (χ0n) is 10.9. The fourth-order valence-corrected chi connectivity index (χ4v) is 2.36. The monoisotopic (exact) mass is 253 g/mol. The Bertz CT molecular complexity index is 665. The molecule has 0 fully saturated rings. The van der Waals surface area contributed by atoms with Crippen molar-refractivity contribution in [2.24, 2.45) is 0 Å². The lowest BCUT2D eigenvalue weighted by Crippen LogP contribution is -2.12. The summed E-state index contributed by atoms with van der Waals surface area (Å²) in [5.41, 5.74) is 5.23. The molecule has 0 saturated heterocycles. The normalized spacial score (nSPS) is 14.9. The van der Waals surface area contributed by atoms with Gasteiger partial charge in [0.2, 0.25) is 5.91 Å². The van der Waals surface area contributed by atoms with Crippen LogP contribution in [0, 0.1) is 6.92 Å². The van der Waals surface area contributed by atoms with E-state index in [9.17, 15) is 4.79 Å². The number of hydrogen-bond acceptors (Lipinski definition) is 2. The third kappa shape index (κ3) is 2.17. The minimum Gasteiger partial charge on any atom is -0.342 e. The number of imidazole rings is 1. The minimum absolute atomic E-state index is 0.0702. The number of amides is 1. The summed E-state index contributed by atoms with van der Waals surface area (Å²) in [6.07, 6.45) is 2.30. The second-order valence-corrected chi connectivity index (χ2v) is 4.79. The van der Waals surface area contributed by atoms with E-state index in [1.165, 1.54) is 0 Å². The predicted molar refractivity (Wildman–Crippen MR) is 74.1 cm³/mol. The molecule has 1 aromatic heterocycles. The first-order chi connectivity index (χ1) is 9.13. The Labute approximate surface area is 111 Å². The van der Waals surface area contributed by atoms with Gasteiger partial charge in [0, 0.05) is 5.70 Å². The lowest BCUT2D eigenvalue weighted by Gasteiger charge is -2.04. The third-order valence-corrected chi connectivity index (χ3v) is 3.36. The maximum Gasteiger partial charge on any atom is 0.228 e. The Balaban J connectivity index is 1.91. The number of aromatic amines is 1. The molecule has 3 rings (SSSR count). The van der Waals surface area contributed by atoms with E-state index in [4.69, 9.17) is 0 Å². The molecule has 19 heavy (non-hydrogen) atoms. The van der Waals surface area contributed by atoms with Crippen LogP contribution in [0.2, 0.25) is 0 Å². The van der Waals surface area contributed by atoms with Gasteiger partial charge in [-0.25, -0.2) is 4.98 Å². The summed E-state index contributed by atoms with van der Waals surface area (Å²) in [6, 6.07) is 8.19. The molecule has 0 atom stereocenters. The van der Waals surface area contributed by atoms with E-state index in [2.05, 4.69) is 15.3 Å². The van der Waals surface area contributed by atoms with Crippen molar-refractivity contribution in [2.45, 2.75) is 20.3 Å². The van der Waals surface area contributed by atoms with Gasteiger partial charge in [-0.05, 0) is 30.5 Å². The number of nitrogens with zero attached hydrogens (tertiary/aromatic N) is 1. The summed E-state index contributed by atoms with van der Waals surface area (Å²) >= 11 is 0. The maximum absolute atomic E-state index is 11.4. The molecule has 4 nitrogen and oxygen atoms in total. The Hall–Kier alpha value is -2.36. The molecule has 1 amide bonds. The van der Waals surface area contributed by atoms with Crippen molar-refractivity contribution >= 4 is 11.5 Å². The van der Waals surface area contributed by atoms with Crippen LogP contribution in [0.15, 0.2) is 36.2 Å². The molecule has 2 heterocycles. The molecule has 0 radical (unpaired) electrons. The van der Waals surface area contributed by atoms with Gasteiger partial charge in [-0.2, -0.15) is 0 Å². The van der Waals surface area contributed by atoms with E-state index in [0.717, 1.165) is 33.9 Å². The molecule has 1 aliphatic rings. The topological polar surface area (TPSA) is 57.8 Å². The molecule has 4 heteroatoms. The van der Waals surface area contributed by atoms with Crippen molar-refractivity contribution in [3.8, 4) is 11.3 Å². The number of H-pyrrole nitrogens is 1. The van der Waals surface area contributed by atoms with Crippen LogP contribution in [0.3, 0.4) is 0 Å². The number of aromatic nitrogens is 2. The Morgan fingerprint density at radius 3 is 2.32 bits per heavy atom. The second kappa shape index (κ2) is 4.39. The molecule has 2 aromatic rings. The molecular formula is C15H15N3O. The summed E-state index contributed by atoms with van der Waals surface area (Å²) in [7, 11) is 0. The number of carbonyl (C=O) groups is 1. The lowest BCUT2D eigenvalue weighted by atomic mass is 10.0. The van der Waals surface area contributed by atoms with Crippen LogP contribution < -0.4 is 5.32 Å². The fourth-order valence-electron chi connectivity index (χ4n) is 2.36. The summed E-state index contributed by atoms with van der Waals surface area (Å²) in [5, 5.41) is 2.84. The standard InChI is InChI=1S/C15H15N3O/c1-9-13(7-15(19)17-9)11-3-5-12(6-4-11)14-8-16-10(2)18-14/h3-6,8H,7H2,1-2H3,(H,16,18)(H,17,19). The number of hydrogen-bond donors (Lipinski definition) is 2. The van der Waals surface area contributed by atoms with Crippen LogP contribution in [0.25, 0.3) is 16.8 Å². The maximum atomic E-state index is 11.4. The van der Waals surface area contributed by atoms with E-state index in [-0.39, 0.29) is 5.91 Å². The van der Waals surface area contributed by atoms with Crippen molar-refractivity contribution in [1.29, 1.82) is 0 Å². The highest BCUT2D eigenvalue weighted by atomic mass is 16.1. The number of nitrogens with one attached hydrogen (secondary N) is 2. The Kier molecular flexibility index (Phi) is 2.71. The van der Waals surface area contributed by atoms with Crippen LogP contribution in [-0.4, -0.2) is 15.9 Å². The smallest absolute Gasteiger partial charge is 0.228 e. The van der Waals surface area contributed by atoms with Gasteiger partial charge in [-0.3, -0.25) is 4.79 Å². The first-order valence-corrected chi connectivity index (χ1v) is 6.25. The van der Waals surface area contributed by atoms with E-state index in [1.807, 2.05) is 44.3 Å². The fraction of sp³-hybridized carbons (Fsp3) is 0.200. The van der Waals surface area contributed by atoms with Gasteiger partial charge in [0.05, 0.1) is 18.3 Å². The van der Waals surface area contributed by atoms with Crippen LogP contribution in [0.5, 0.6) is 0 Å². The zero-order chi connectivity index (χ0) is 13.4. The summed E-state index contributed by atoms with van der Waals surface area (Å²) in [6.45, 7) is 3.87. The van der Waals surface area contributed by atoms with Gasteiger partial charge in [0.25, 0.3) is 0 Å². The molecular weight excluding hydrogens is 238 g/mol. The summed E-state index contributed by atoms with van der Waals surface area (Å²) in [4.78, 5) is 18.8. The molecule has 1 aliphatic heterocycles. The van der Waals surface area contributed by atoms with Crippen LogP contribution in [-0.2, 0) is 4.79 Å². The first-order valence-electron chi connectivity index (χ1n) is 6.25. The number of allylic oxidation sites excluding steroid dienone is 1. The molecule has 1 aromatic carbocycles. The number of benzene rings is 1. The van der Waals surface area contributed by atoms with Gasteiger partial charge in [-0.1, -0.05) is 24.3 Å². The quantitative estimate of drug-likeness (QED) is 0.864. The highest BCUT2D eigenvalue weighted by molar-refractivity contribution is 5.96. The van der Waals surface area contributed by atoms with Crippen LogP contribution in [0.4, 0.5) is 0 Å². The van der Waals surface area contributed by atoms with Gasteiger partial charge in [-0.15, -0.1) is 0 Å². The predicted octanol–water partition coefficient (Wildman–Crippen LogP) is 2.64. The van der Waals surface area contributed by atoms with Crippen molar-refractivity contribution in [3.63, 3.8) is 0 Å². The van der Waals surface area contributed by atoms with E-state index >= 15 is 0 Å². The van der Waals surface area contributed by atoms with Crippen molar-refractivity contribution in [2.75, 3.05) is 0 Å². The molecule has 0 aliphatic carbocycles. The number of carbonyl (C=O) groups excluding carboxylic acids is 1. The number of rotatable bonds is 2. The van der Waals surface area contributed by atoms with Gasteiger partial charge >= 0.3 is 0 Å². The van der Waals surface area contributed by atoms with Gasteiger partial charge in [0.15, 0.2) is 0 Å². The largest absolute Gasteiger partial charge is 0.342 e. The lowest BCUT2D eigenvalue weighted by molar-refractivity contribution is -0.118. The molecule has 0 saturated carbocycles. The SMILES string of the molecule is CC1=C(c2ccc(-c3cnc(C)[nH]3)cc2)CC(=O)N1. The van der Waals surface area contributed by atoms with E-state index < -0.39 is 0 Å². The highest BCUT2D eigenvalue weighted by Crippen LogP contribution is 2.27. The molecule has 0 bridgehead atoms. The number of aryl methyl sites for hydroxylation is 1. The first kappa shape index (κ1) is 11.7. The van der Waals surface area contributed by atoms with Gasteiger partial charge in [0.1, 0.15) is 5.82 Å². The molecule has 0 unspecified atom stereocenters. The van der Waals surface area contributed by atoms with Gasteiger partial charge < -0.3 is 10.3 Å². The van der Waals surface area contributed by atoms with Crippen LogP contribution >= 0.6 is 0 Å². The average Bonchev–Trinajstić information content (AvgIpc) is 2.96. The average molecular weight is 253 g/mol. The van der Waals surface area contributed by atoms with E-state index in [0.29, 0.717) is 6.42 Å². The highest BCUT2D eigenvalue weighted by Gasteiger charge is 2.18. The minimum atomic E-state index is 0.0702.